The lowest BCUT2D eigenvalue weighted by Crippen LogP contribution is -2.45. The van der Waals surface area contributed by atoms with Crippen molar-refractivity contribution in [2.45, 2.75) is 77.2 Å². The zero-order chi connectivity index (χ0) is 21.9. The maximum absolute atomic E-state index is 13.0. The van der Waals surface area contributed by atoms with E-state index in [9.17, 15) is 14.7 Å². The van der Waals surface area contributed by atoms with E-state index in [4.69, 9.17) is 9.84 Å². The van der Waals surface area contributed by atoms with Gasteiger partial charge in [-0.3, -0.25) is 9.59 Å². The lowest BCUT2D eigenvalue weighted by molar-refractivity contribution is -0.136. The van der Waals surface area contributed by atoms with Crippen LogP contribution in [0.15, 0.2) is 18.2 Å². The smallest absolute Gasteiger partial charge is 0.305 e. The number of aromatic hydroxyl groups is 1. The van der Waals surface area contributed by atoms with Crippen molar-refractivity contribution in [2.24, 2.45) is 5.92 Å². The van der Waals surface area contributed by atoms with Crippen LogP contribution in [-0.2, 0) is 11.2 Å². The quantitative estimate of drug-likeness (QED) is 0.428. The first-order valence-corrected chi connectivity index (χ1v) is 11.0. The van der Waals surface area contributed by atoms with Crippen LogP contribution in [0.3, 0.4) is 0 Å². The fourth-order valence-corrected chi connectivity index (χ4v) is 4.77. The van der Waals surface area contributed by atoms with Crippen molar-refractivity contribution >= 4 is 11.9 Å². The van der Waals surface area contributed by atoms with Gasteiger partial charge in [0.25, 0.3) is 5.91 Å². The molecule has 0 bridgehead atoms. The van der Waals surface area contributed by atoms with Crippen LogP contribution in [-0.4, -0.2) is 34.2 Å². The number of hydrogen-bond acceptors (Lipinski definition) is 4. The van der Waals surface area contributed by atoms with E-state index in [1.54, 1.807) is 0 Å². The number of amides is 1. The van der Waals surface area contributed by atoms with Gasteiger partial charge >= 0.3 is 5.97 Å². The number of fused-ring (bicyclic) bond motifs is 3. The van der Waals surface area contributed by atoms with Crippen molar-refractivity contribution < 1.29 is 24.5 Å². The average Bonchev–Trinajstić information content (AvgIpc) is 2.67. The Morgan fingerprint density at radius 1 is 1.30 bits per heavy atom. The number of nitrogens with one attached hydrogen (secondary N) is 1. The number of hydrogen-bond donors (Lipinski definition) is 3. The van der Waals surface area contributed by atoms with Crippen molar-refractivity contribution in [1.82, 2.24) is 5.32 Å². The molecule has 2 atom stereocenters. The Bertz CT molecular complexity index is 842. The van der Waals surface area contributed by atoms with E-state index in [0.717, 1.165) is 37.7 Å². The van der Waals surface area contributed by atoms with Crippen LogP contribution in [0.2, 0.25) is 0 Å². The topological polar surface area (TPSA) is 95.9 Å². The number of benzene rings is 1. The highest BCUT2D eigenvalue weighted by atomic mass is 16.5. The molecule has 30 heavy (non-hydrogen) atoms. The first-order valence-electron chi connectivity index (χ1n) is 11.0. The summed E-state index contributed by atoms with van der Waals surface area (Å²) in [4.78, 5) is 23.8. The predicted molar refractivity (Wildman–Crippen MR) is 115 cm³/mol. The molecule has 0 saturated carbocycles. The second-order valence-electron chi connectivity index (χ2n) is 8.87. The highest BCUT2D eigenvalue weighted by Crippen LogP contribution is 2.53. The maximum Gasteiger partial charge on any atom is 0.305 e. The van der Waals surface area contributed by atoms with Gasteiger partial charge in [0.15, 0.2) is 0 Å². The Labute approximate surface area is 178 Å². The van der Waals surface area contributed by atoms with E-state index in [1.807, 2.05) is 6.07 Å². The second-order valence-corrected chi connectivity index (χ2v) is 8.87. The Hall–Kier alpha value is -2.50. The van der Waals surface area contributed by atoms with Crippen molar-refractivity contribution in [3.8, 4) is 11.5 Å². The number of carboxylic acid groups (broad SMARTS) is 1. The van der Waals surface area contributed by atoms with Crippen molar-refractivity contribution in [2.75, 3.05) is 6.54 Å². The summed E-state index contributed by atoms with van der Waals surface area (Å²) in [5.41, 5.74) is 1.33. The molecule has 3 rings (SSSR count). The normalized spacial score (nSPS) is 21.3. The molecule has 164 valence electrons. The predicted octanol–water partition coefficient (Wildman–Crippen LogP) is 4.55. The number of phenolic OH excluding ortho intramolecular Hbond substituents is 1. The van der Waals surface area contributed by atoms with E-state index in [0.29, 0.717) is 17.7 Å². The largest absolute Gasteiger partial charge is 0.507 e. The molecule has 1 heterocycles. The third-order valence-electron chi connectivity index (χ3n) is 6.31. The summed E-state index contributed by atoms with van der Waals surface area (Å²) >= 11 is 0. The average molecular weight is 416 g/mol. The SMILES string of the molecule is CCCCCc1cc2c(c(O)c1C(=O)NCCC(=O)O)[C@@H]1C=CCC[C@H]1C(C)(C)O2. The monoisotopic (exact) mass is 415 g/mol. The highest BCUT2D eigenvalue weighted by molar-refractivity contribution is 5.99. The lowest BCUT2D eigenvalue weighted by atomic mass is 9.69. The Morgan fingerprint density at radius 3 is 2.77 bits per heavy atom. The zero-order valence-corrected chi connectivity index (χ0v) is 18.2. The molecule has 6 heteroatoms. The van der Waals surface area contributed by atoms with Crippen molar-refractivity contribution in [3.05, 3.63) is 34.9 Å². The first-order chi connectivity index (χ1) is 14.3. The first kappa shape index (κ1) is 22.2. The fourth-order valence-electron chi connectivity index (χ4n) is 4.77. The van der Waals surface area contributed by atoms with Gasteiger partial charge < -0.3 is 20.3 Å². The minimum absolute atomic E-state index is 0.00670. The van der Waals surface area contributed by atoms with Crippen LogP contribution in [0.1, 0.15) is 86.7 Å². The minimum atomic E-state index is -0.973. The van der Waals surface area contributed by atoms with Gasteiger partial charge in [0.2, 0.25) is 0 Å². The van der Waals surface area contributed by atoms with Gasteiger partial charge in [0.1, 0.15) is 17.1 Å². The van der Waals surface area contributed by atoms with Crippen LogP contribution in [0.5, 0.6) is 11.5 Å². The molecule has 6 nitrogen and oxygen atoms in total. The van der Waals surface area contributed by atoms with Crippen molar-refractivity contribution in [1.29, 1.82) is 0 Å². The van der Waals surface area contributed by atoms with Gasteiger partial charge in [0, 0.05) is 23.9 Å². The molecular formula is C24H33NO5. The summed E-state index contributed by atoms with van der Waals surface area (Å²) in [7, 11) is 0. The summed E-state index contributed by atoms with van der Waals surface area (Å²) in [6, 6.07) is 1.91. The Balaban J connectivity index is 2.04. The molecule has 0 saturated heterocycles. The van der Waals surface area contributed by atoms with Gasteiger partial charge in [-0.2, -0.15) is 0 Å². The number of allylic oxidation sites excluding steroid dienone is 2. The lowest BCUT2D eigenvalue weighted by Gasteiger charge is -2.46. The highest BCUT2D eigenvalue weighted by Gasteiger charge is 2.45. The summed E-state index contributed by atoms with van der Waals surface area (Å²) in [5.74, 6) is -0.562. The van der Waals surface area contributed by atoms with E-state index >= 15 is 0 Å². The maximum atomic E-state index is 13.0. The number of unbranched alkanes of at least 4 members (excludes halogenated alkanes) is 2. The standard InChI is InChI=1S/C24H33NO5/c1-4-5-6-9-15-14-18-21(16-10-7-8-11-17(16)24(2,3)30-18)22(28)20(15)23(29)25-13-12-19(26)27/h7,10,14,16-17,28H,4-6,8-9,11-13H2,1-3H3,(H,25,29)(H,26,27)/t16-,17-/m1/s1. The molecule has 0 radical (unpaired) electrons. The molecule has 0 spiro atoms. The van der Waals surface area contributed by atoms with Gasteiger partial charge in [-0.05, 0) is 51.2 Å². The molecule has 3 N–H and O–H groups in total. The summed E-state index contributed by atoms with van der Waals surface area (Å²) < 4.78 is 6.36. The third kappa shape index (κ3) is 4.47. The van der Waals surface area contributed by atoms with Crippen LogP contribution < -0.4 is 10.1 Å². The van der Waals surface area contributed by atoms with Crippen LogP contribution in [0.25, 0.3) is 0 Å². The molecule has 0 aromatic heterocycles. The summed E-state index contributed by atoms with van der Waals surface area (Å²) in [6.45, 7) is 6.32. The number of aryl methyl sites for hydroxylation is 1. The number of carboxylic acids is 1. The number of rotatable bonds is 8. The molecule has 1 amide bonds. The van der Waals surface area contributed by atoms with Crippen LogP contribution >= 0.6 is 0 Å². The number of aliphatic carboxylic acids is 1. The molecule has 0 unspecified atom stereocenters. The van der Waals surface area contributed by atoms with E-state index in [1.165, 1.54) is 0 Å². The number of carbonyl (C=O) groups is 2. The molecule has 1 aromatic rings. The van der Waals surface area contributed by atoms with Crippen LogP contribution in [0.4, 0.5) is 0 Å². The van der Waals surface area contributed by atoms with Gasteiger partial charge in [-0.15, -0.1) is 0 Å². The molecular weight excluding hydrogens is 382 g/mol. The minimum Gasteiger partial charge on any atom is -0.507 e. The van der Waals surface area contributed by atoms with Gasteiger partial charge in [-0.1, -0.05) is 31.9 Å². The van der Waals surface area contributed by atoms with E-state index < -0.39 is 11.9 Å². The van der Waals surface area contributed by atoms with Crippen LogP contribution in [0, 0.1) is 5.92 Å². The third-order valence-corrected chi connectivity index (χ3v) is 6.31. The second kappa shape index (κ2) is 9.11. The number of ether oxygens (including phenoxy) is 1. The Morgan fingerprint density at radius 2 is 2.07 bits per heavy atom. The molecule has 1 aromatic carbocycles. The molecule has 1 aliphatic carbocycles. The number of phenols is 1. The molecule has 0 fully saturated rings. The summed E-state index contributed by atoms with van der Waals surface area (Å²) in [5, 5.41) is 22.8. The Kier molecular flexibility index (Phi) is 6.74. The molecule has 2 aliphatic rings. The van der Waals surface area contributed by atoms with Gasteiger partial charge in [-0.25, -0.2) is 0 Å². The fraction of sp³-hybridized carbons (Fsp3) is 0.583. The number of carbonyl (C=O) groups excluding carboxylic acids is 1. The van der Waals surface area contributed by atoms with Crippen molar-refractivity contribution in [3.63, 3.8) is 0 Å². The summed E-state index contributed by atoms with van der Waals surface area (Å²) in [6.07, 6.45) is 9.67. The van der Waals surface area contributed by atoms with Gasteiger partial charge in [0.05, 0.1) is 12.0 Å². The van der Waals surface area contributed by atoms with E-state index in [2.05, 4.69) is 38.2 Å². The zero-order valence-electron chi connectivity index (χ0n) is 18.2. The van der Waals surface area contributed by atoms with E-state index in [-0.39, 0.29) is 41.7 Å². The molecule has 1 aliphatic heterocycles.